The predicted octanol–water partition coefficient (Wildman–Crippen LogP) is 5.85. The van der Waals surface area contributed by atoms with Crippen LogP contribution >= 0.6 is 39.1 Å². The summed E-state index contributed by atoms with van der Waals surface area (Å²) < 4.78 is 13.4. The van der Waals surface area contributed by atoms with Crippen LogP contribution in [0.15, 0.2) is 42.5 Å². The summed E-state index contributed by atoms with van der Waals surface area (Å²) >= 11 is 15.2. The zero-order valence-corrected chi connectivity index (χ0v) is 13.1. The predicted molar refractivity (Wildman–Crippen MR) is 83.1 cm³/mol. The molecule has 0 N–H and O–H groups in total. The van der Waals surface area contributed by atoms with E-state index in [1.165, 1.54) is 6.07 Å². The molecule has 19 heavy (non-hydrogen) atoms. The highest BCUT2D eigenvalue weighted by Crippen LogP contribution is 2.26. The molecule has 1 atom stereocenters. The number of halogens is 4. The van der Waals surface area contributed by atoms with Crippen LogP contribution in [0.25, 0.3) is 0 Å². The third kappa shape index (κ3) is 3.95. The van der Waals surface area contributed by atoms with Gasteiger partial charge in [0.2, 0.25) is 0 Å². The van der Waals surface area contributed by atoms with E-state index in [9.17, 15) is 4.39 Å². The zero-order chi connectivity index (χ0) is 13.8. The molecule has 2 rings (SSSR count). The minimum absolute atomic E-state index is 0.155. The van der Waals surface area contributed by atoms with Gasteiger partial charge in [-0.05, 0) is 47.7 Å². The maximum absolute atomic E-state index is 13.4. The lowest BCUT2D eigenvalue weighted by Gasteiger charge is -2.15. The van der Waals surface area contributed by atoms with Crippen molar-refractivity contribution in [3.05, 3.63) is 69.5 Å². The summed E-state index contributed by atoms with van der Waals surface area (Å²) in [7, 11) is 0. The average Bonchev–Trinajstić information content (AvgIpc) is 2.40. The minimum Gasteiger partial charge on any atom is -0.205 e. The first-order chi connectivity index (χ1) is 9.10. The Bertz CT molecular complexity index is 572. The van der Waals surface area contributed by atoms with E-state index in [1.54, 1.807) is 6.07 Å². The standard InChI is InChI=1S/C15H12BrCl2F/c16-9-12(11-2-1-3-13(17)8-11)6-10-4-5-14(18)15(19)7-10/h1-5,7-8,12H,6,9H2. The Morgan fingerprint density at radius 1 is 1.11 bits per heavy atom. The van der Waals surface area contributed by atoms with Crippen molar-refractivity contribution in [2.45, 2.75) is 12.3 Å². The highest BCUT2D eigenvalue weighted by Gasteiger charge is 2.12. The van der Waals surface area contributed by atoms with Gasteiger partial charge >= 0.3 is 0 Å². The third-order valence-electron chi connectivity index (χ3n) is 2.97. The van der Waals surface area contributed by atoms with E-state index in [2.05, 4.69) is 15.9 Å². The SMILES string of the molecule is Fc1cc(CC(CBr)c2cccc(Cl)c2)ccc1Cl. The summed E-state index contributed by atoms with van der Waals surface area (Å²) in [6.07, 6.45) is 0.736. The van der Waals surface area contributed by atoms with Gasteiger partial charge in [0.25, 0.3) is 0 Å². The van der Waals surface area contributed by atoms with E-state index in [0.29, 0.717) is 5.02 Å². The van der Waals surface area contributed by atoms with Crippen LogP contribution in [-0.2, 0) is 6.42 Å². The van der Waals surface area contributed by atoms with Crippen molar-refractivity contribution in [3.8, 4) is 0 Å². The average molecular weight is 362 g/mol. The quantitative estimate of drug-likeness (QED) is 0.599. The summed E-state index contributed by atoms with van der Waals surface area (Å²) in [4.78, 5) is 0. The zero-order valence-electron chi connectivity index (χ0n) is 10.0. The molecule has 1 unspecified atom stereocenters. The molecule has 0 nitrogen and oxygen atoms in total. The van der Waals surface area contributed by atoms with Crippen molar-refractivity contribution in [1.82, 2.24) is 0 Å². The summed E-state index contributed by atoms with van der Waals surface area (Å²) in [6, 6.07) is 12.7. The molecule has 0 amide bonds. The first-order valence-electron chi connectivity index (χ1n) is 5.85. The van der Waals surface area contributed by atoms with Crippen LogP contribution in [0.2, 0.25) is 10.0 Å². The van der Waals surface area contributed by atoms with E-state index in [1.807, 2.05) is 30.3 Å². The summed E-state index contributed by atoms with van der Waals surface area (Å²) in [5, 5.41) is 1.66. The van der Waals surface area contributed by atoms with Crippen LogP contribution in [0, 0.1) is 5.82 Å². The molecule has 0 saturated carbocycles. The Balaban J connectivity index is 2.21. The lowest BCUT2D eigenvalue weighted by Crippen LogP contribution is -2.04. The molecule has 0 saturated heterocycles. The Morgan fingerprint density at radius 3 is 2.53 bits per heavy atom. The van der Waals surface area contributed by atoms with Crippen molar-refractivity contribution in [2.24, 2.45) is 0 Å². The van der Waals surface area contributed by atoms with Gasteiger partial charge in [-0.2, -0.15) is 0 Å². The maximum Gasteiger partial charge on any atom is 0.142 e. The maximum atomic E-state index is 13.4. The van der Waals surface area contributed by atoms with Crippen LogP contribution in [0.3, 0.4) is 0 Å². The van der Waals surface area contributed by atoms with E-state index in [4.69, 9.17) is 23.2 Å². The number of rotatable bonds is 4. The van der Waals surface area contributed by atoms with Crippen LogP contribution in [-0.4, -0.2) is 5.33 Å². The van der Waals surface area contributed by atoms with Crippen molar-refractivity contribution in [3.63, 3.8) is 0 Å². The molecular formula is C15H12BrCl2F. The molecule has 0 radical (unpaired) electrons. The van der Waals surface area contributed by atoms with Gasteiger partial charge in [0, 0.05) is 10.4 Å². The van der Waals surface area contributed by atoms with Gasteiger partial charge in [-0.1, -0.05) is 57.3 Å². The lowest BCUT2D eigenvalue weighted by atomic mass is 9.94. The topological polar surface area (TPSA) is 0 Å². The van der Waals surface area contributed by atoms with Gasteiger partial charge in [-0.25, -0.2) is 4.39 Å². The van der Waals surface area contributed by atoms with Crippen LogP contribution in [0.1, 0.15) is 17.0 Å². The van der Waals surface area contributed by atoms with Crippen molar-refractivity contribution in [2.75, 3.05) is 5.33 Å². The summed E-state index contributed by atoms with van der Waals surface area (Å²) in [5.74, 6) is -0.127. The molecule has 0 aliphatic rings. The molecule has 0 fully saturated rings. The van der Waals surface area contributed by atoms with Crippen LogP contribution < -0.4 is 0 Å². The molecule has 0 aliphatic carbocycles. The molecule has 0 aliphatic heterocycles. The molecule has 100 valence electrons. The van der Waals surface area contributed by atoms with Gasteiger partial charge in [0.05, 0.1) is 5.02 Å². The second-order valence-electron chi connectivity index (χ2n) is 4.36. The number of alkyl halides is 1. The molecule has 0 aromatic heterocycles. The number of hydrogen-bond acceptors (Lipinski definition) is 0. The van der Waals surface area contributed by atoms with E-state index >= 15 is 0 Å². The minimum atomic E-state index is -0.376. The monoisotopic (exact) mass is 360 g/mol. The fourth-order valence-corrected chi connectivity index (χ4v) is 2.89. The Labute approximate surface area is 130 Å². The first kappa shape index (κ1) is 14.8. The number of benzene rings is 2. The van der Waals surface area contributed by atoms with Crippen molar-refractivity contribution in [1.29, 1.82) is 0 Å². The van der Waals surface area contributed by atoms with E-state index in [0.717, 1.165) is 22.9 Å². The van der Waals surface area contributed by atoms with Crippen molar-refractivity contribution >= 4 is 39.1 Å². The highest BCUT2D eigenvalue weighted by molar-refractivity contribution is 9.09. The lowest BCUT2D eigenvalue weighted by molar-refractivity contribution is 0.624. The fraction of sp³-hybridized carbons (Fsp3) is 0.200. The molecule has 2 aromatic rings. The Kier molecular flexibility index (Phi) is 5.26. The second kappa shape index (κ2) is 6.74. The van der Waals surface area contributed by atoms with Crippen LogP contribution in [0.4, 0.5) is 4.39 Å². The fourth-order valence-electron chi connectivity index (χ4n) is 1.97. The normalized spacial score (nSPS) is 12.4. The van der Waals surface area contributed by atoms with Gasteiger partial charge in [-0.15, -0.1) is 0 Å². The number of hydrogen-bond donors (Lipinski definition) is 0. The molecule has 0 spiro atoms. The first-order valence-corrected chi connectivity index (χ1v) is 7.73. The molecule has 4 heteroatoms. The molecule has 0 heterocycles. The summed E-state index contributed by atoms with van der Waals surface area (Å²) in [5.41, 5.74) is 2.06. The van der Waals surface area contributed by atoms with Gasteiger partial charge in [0.15, 0.2) is 0 Å². The second-order valence-corrected chi connectivity index (χ2v) is 5.85. The van der Waals surface area contributed by atoms with E-state index < -0.39 is 0 Å². The highest BCUT2D eigenvalue weighted by atomic mass is 79.9. The third-order valence-corrected chi connectivity index (χ3v) is 4.30. The van der Waals surface area contributed by atoms with Gasteiger partial charge < -0.3 is 0 Å². The van der Waals surface area contributed by atoms with E-state index in [-0.39, 0.29) is 16.8 Å². The van der Waals surface area contributed by atoms with Crippen LogP contribution in [0.5, 0.6) is 0 Å². The van der Waals surface area contributed by atoms with Crippen molar-refractivity contribution < 1.29 is 4.39 Å². The molecule has 2 aromatic carbocycles. The Hall–Kier alpha value is -0.570. The largest absolute Gasteiger partial charge is 0.205 e. The molecule has 0 bridgehead atoms. The Morgan fingerprint density at radius 2 is 1.89 bits per heavy atom. The molecular weight excluding hydrogens is 350 g/mol. The van der Waals surface area contributed by atoms with Gasteiger partial charge in [0.1, 0.15) is 5.82 Å². The van der Waals surface area contributed by atoms with Gasteiger partial charge in [-0.3, -0.25) is 0 Å². The smallest absolute Gasteiger partial charge is 0.142 e. The summed E-state index contributed by atoms with van der Waals surface area (Å²) in [6.45, 7) is 0.